The smallest absolute Gasteiger partial charge is 0.220 e. The fraction of sp³-hybridized carbons (Fsp3) is 0.692. The highest BCUT2D eigenvalue weighted by molar-refractivity contribution is 7.91. The number of aryl methyl sites for hydroxylation is 2. The SMILES string of the molecule is CO[C@@H]1CS(=O)(=O)C[C@H]1NC(=O)CCc1n[nH]c(C)c1C. The number of aromatic amines is 1. The summed E-state index contributed by atoms with van der Waals surface area (Å²) in [4.78, 5) is 12.0. The van der Waals surface area contributed by atoms with Crippen LogP contribution in [0.25, 0.3) is 0 Å². The molecular formula is C13H21N3O4S. The number of aromatic nitrogens is 2. The second-order valence-electron chi connectivity index (χ2n) is 5.45. The van der Waals surface area contributed by atoms with E-state index in [9.17, 15) is 13.2 Å². The molecule has 0 saturated carbocycles. The molecule has 118 valence electrons. The Morgan fingerprint density at radius 2 is 2.14 bits per heavy atom. The van der Waals surface area contributed by atoms with E-state index < -0.39 is 22.0 Å². The summed E-state index contributed by atoms with van der Waals surface area (Å²) < 4.78 is 28.3. The molecular weight excluding hydrogens is 294 g/mol. The van der Waals surface area contributed by atoms with Crippen molar-refractivity contribution < 1.29 is 17.9 Å². The Hall–Kier alpha value is -1.41. The van der Waals surface area contributed by atoms with Gasteiger partial charge in [-0.15, -0.1) is 0 Å². The van der Waals surface area contributed by atoms with E-state index in [1.165, 1.54) is 7.11 Å². The maximum Gasteiger partial charge on any atom is 0.220 e. The zero-order valence-electron chi connectivity index (χ0n) is 12.5. The van der Waals surface area contributed by atoms with Crippen LogP contribution in [0.5, 0.6) is 0 Å². The van der Waals surface area contributed by atoms with E-state index in [2.05, 4.69) is 15.5 Å². The monoisotopic (exact) mass is 315 g/mol. The molecule has 1 aromatic heterocycles. The summed E-state index contributed by atoms with van der Waals surface area (Å²) in [5, 5.41) is 9.78. The first-order chi connectivity index (χ1) is 9.82. The average Bonchev–Trinajstić information content (AvgIpc) is 2.88. The summed E-state index contributed by atoms with van der Waals surface area (Å²) in [5.74, 6) is -0.275. The first-order valence-corrected chi connectivity index (χ1v) is 8.67. The largest absolute Gasteiger partial charge is 0.378 e. The van der Waals surface area contributed by atoms with E-state index in [4.69, 9.17) is 4.74 Å². The topological polar surface area (TPSA) is 101 Å². The van der Waals surface area contributed by atoms with E-state index in [1.807, 2.05) is 13.8 Å². The van der Waals surface area contributed by atoms with Crippen molar-refractivity contribution in [2.45, 2.75) is 38.8 Å². The van der Waals surface area contributed by atoms with Crippen LogP contribution in [0.3, 0.4) is 0 Å². The molecule has 1 fully saturated rings. The van der Waals surface area contributed by atoms with Gasteiger partial charge in [-0.25, -0.2) is 8.42 Å². The average molecular weight is 315 g/mol. The molecule has 0 aromatic carbocycles. The highest BCUT2D eigenvalue weighted by Gasteiger charge is 2.38. The number of nitrogens with one attached hydrogen (secondary N) is 2. The Kier molecular flexibility index (Phi) is 4.67. The molecule has 2 rings (SSSR count). The van der Waals surface area contributed by atoms with Crippen molar-refractivity contribution >= 4 is 15.7 Å². The number of amides is 1. The van der Waals surface area contributed by atoms with Gasteiger partial charge in [0.2, 0.25) is 5.91 Å². The first kappa shape index (κ1) is 16.0. The van der Waals surface area contributed by atoms with Crippen LogP contribution in [-0.4, -0.2) is 55.3 Å². The highest BCUT2D eigenvalue weighted by atomic mass is 32.2. The second-order valence-corrected chi connectivity index (χ2v) is 7.60. The lowest BCUT2D eigenvalue weighted by molar-refractivity contribution is -0.122. The van der Waals surface area contributed by atoms with Crippen molar-refractivity contribution in [3.63, 3.8) is 0 Å². The summed E-state index contributed by atoms with van der Waals surface area (Å²) in [6.07, 6.45) is 0.338. The molecule has 1 aromatic rings. The number of hydrogen-bond acceptors (Lipinski definition) is 5. The van der Waals surface area contributed by atoms with Gasteiger partial charge < -0.3 is 10.1 Å². The van der Waals surface area contributed by atoms with Crippen LogP contribution in [0.1, 0.15) is 23.4 Å². The van der Waals surface area contributed by atoms with Crippen molar-refractivity contribution in [1.82, 2.24) is 15.5 Å². The van der Waals surface area contributed by atoms with Crippen molar-refractivity contribution in [1.29, 1.82) is 0 Å². The standard InChI is InChI=1S/C13H21N3O4S/c1-8-9(2)15-16-10(8)4-5-13(17)14-11-6-21(18,19)7-12(11)20-3/h11-12H,4-7H2,1-3H3,(H,14,17)(H,15,16)/t11-,12-/m1/s1. The Balaban J connectivity index is 1.89. The Morgan fingerprint density at radius 3 is 2.71 bits per heavy atom. The maximum absolute atomic E-state index is 12.0. The summed E-state index contributed by atoms with van der Waals surface area (Å²) in [7, 11) is -1.67. The number of methoxy groups -OCH3 is 1. The minimum absolute atomic E-state index is 0.0356. The third-order valence-electron chi connectivity index (χ3n) is 3.89. The van der Waals surface area contributed by atoms with Gasteiger partial charge in [-0.1, -0.05) is 0 Å². The molecule has 1 aliphatic rings. The molecule has 1 amide bonds. The van der Waals surface area contributed by atoms with Crippen LogP contribution in [0.15, 0.2) is 0 Å². The lowest BCUT2D eigenvalue weighted by Gasteiger charge is -2.17. The zero-order chi connectivity index (χ0) is 15.6. The molecule has 1 saturated heterocycles. The zero-order valence-corrected chi connectivity index (χ0v) is 13.3. The van der Waals surface area contributed by atoms with Gasteiger partial charge in [0.1, 0.15) is 0 Å². The van der Waals surface area contributed by atoms with Crippen molar-refractivity contribution in [3.05, 3.63) is 17.0 Å². The maximum atomic E-state index is 12.0. The normalized spacial score (nSPS) is 24.1. The van der Waals surface area contributed by atoms with Crippen molar-refractivity contribution in [2.24, 2.45) is 0 Å². The third kappa shape index (κ3) is 3.82. The molecule has 7 nitrogen and oxygen atoms in total. The van der Waals surface area contributed by atoms with E-state index >= 15 is 0 Å². The van der Waals surface area contributed by atoms with Gasteiger partial charge in [0.25, 0.3) is 0 Å². The molecule has 8 heteroatoms. The number of H-pyrrole nitrogens is 1. The van der Waals surface area contributed by atoms with E-state index in [-0.39, 0.29) is 23.8 Å². The third-order valence-corrected chi connectivity index (χ3v) is 5.60. The van der Waals surface area contributed by atoms with E-state index in [1.54, 1.807) is 0 Å². The fourth-order valence-corrected chi connectivity index (χ4v) is 4.32. The molecule has 1 aliphatic heterocycles. The molecule has 0 spiro atoms. The number of ether oxygens (including phenoxy) is 1. The molecule has 0 radical (unpaired) electrons. The van der Waals surface area contributed by atoms with Gasteiger partial charge in [0.15, 0.2) is 9.84 Å². The van der Waals surface area contributed by atoms with Crippen molar-refractivity contribution in [3.8, 4) is 0 Å². The Morgan fingerprint density at radius 1 is 1.43 bits per heavy atom. The predicted octanol–water partition coefficient (Wildman–Crippen LogP) is -0.113. The van der Waals surface area contributed by atoms with Crippen molar-refractivity contribution in [2.75, 3.05) is 18.6 Å². The number of carbonyl (C=O) groups excluding carboxylic acids is 1. The number of sulfone groups is 1. The lowest BCUT2D eigenvalue weighted by Crippen LogP contribution is -2.43. The molecule has 0 aliphatic carbocycles. The molecule has 2 heterocycles. The molecule has 2 N–H and O–H groups in total. The van der Waals surface area contributed by atoms with Gasteiger partial charge in [0.05, 0.1) is 29.3 Å². The molecule has 2 atom stereocenters. The molecule has 21 heavy (non-hydrogen) atoms. The summed E-state index contributed by atoms with van der Waals surface area (Å²) in [6, 6.07) is -0.463. The van der Waals surface area contributed by atoms with Gasteiger partial charge in [-0.3, -0.25) is 9.89 Å². The Bertz CT molecular complexity index is 623. The fourth-order valence-electron chi connectivity index (χ4n) is 2.47. The van der Waals surface area contributed by atoms with Crippen LogP contribution in [-0.2, 0) is 25.8 Å². The first-order valence-electron chi connectivity index (χ1n) is 6.85. The minimum atomic E-state index is -3.13. The summed E-state index contributed by atoms with van der Waals surface area (Å²) in [6.45, 7) is 3.88. The van der Waals surface area contributed by atoms with E-state index in [0.29, 0.717) is 6.42 Å². The van der Waals surface area contributed by atoms with Crippen LogP contribution < -0.4 is 5.32 Å². The van der Waals surface area contributed by atoms with Crippen LogP contribution in [0.2, 0.25) is 0 Å². The lowest BCUT2D eigenvalue weighted by atomic mass is 10.1. The highest BCUT2D eigenvalue weighted by Crippen LogP contribution is 2.16. The van der Waals surface area contributed by atoms with Gasteiger partial charge in [-0.05, 0) is 19.4 Å². The minimum Gasteiger partial charge on any atom is -0.378 e. The summed E-state index contributed by atoms with van der Waals surface area (Å²) >= 11 is 0. The van der Waals surface area contributed by atoms with Crippen LogP contribution in [0, 0.1) is 13.8 Å². The van der Waals surface area contributed by atoms with Gasteiger partial charge in [0, 0.05) is 25.6 Å². The number of hydrogen-bond donors (Lipinski definition) is 2. The molecule has 0 bridgehead atoms. The predicted molar refractivity (Wildman–Crippen MR) is 77.8 cm³/mol. The van der Waals surface area contributed by atoms with Crippen LogP contribution >= 0.6 is 0 Å². The molecule has 0 unspecified atom stereocenters. The summed E-state index contributed by atoms with van der Waals surface area (Å²) in [5.41, 5.74) is 2.91. The number of rotatable bonds is 5. The van der Waals surface area contributed by atoms with E-state index in [0.717, 1.165) is 17.0 Å². The van der Waals surface area contributed by atoms with Crippen LogP contribution in [0.4, 0.5) is 0 Å². The van der Waals surface area contributed by atoms with Gasteiger partial charge >= 0.3 is 0 Å². The quantitative estimate of drug-likeness (QED) is 0.789. The Labute approximate surface area is 124 Å². The number of carbonyl (C=O) groups is 1. The van der Waals surface area contributed by atoms with Gasteiger partial charge in [-0.2, -0.15) is 5.10 Å². The second kappa shape index (κ2) is 6.15. The number of nitrogens with zero attached hydrogens (tertiary/aromatic N) is 1.